The van der Waals surface area contributed by atoms with Crippen LogP contribution in [0.2, 0.25) is 5.02 Å². The standard InChI is InChI=1S/C26H24ClN5O5/c27-19-8-6-18(7-9-19)16-31-24(30-25(35)32(26(31)36)17-21(34)4-3-15-33)29-20-10-12-22(13-11-20)37-23-5-1-2-14-28-23/h1-2,5-14,33H,3-4,15-17H2,(H,29,30,35). The molecule has 0 saturated heterocycles. The SMILES string of the molecule is O=C(CCCO)Cn1c(=O)nc(Nc2ccc(Oc3ccccn3)cc2)n(Cc2ccc(Cl)cc2)c1=O. The Morgan fingerprint density at radius 1 is 1.00 bits per heavy atom. The number of hydrogen-bond donors (Lipinski definition) is 2. The summed E-state index contributed by atoms with van der Waals surface area (Å²) in [5.41, 5.74) is -0.245. The smallest absolute Gasteiger partial charge is 0.355 e. The molecular formula is C26H24ClN5O5. The van der Waals surface area contributed by atoms with E-state index in [1.165, 1.54) is 4.57 Å². The van der Waals surface area contributed by atoms with Crippen molar-refractivity contribution in [1.29, 1.82) is 0 Å². The van der Waals surface area contributed by atoms with Crippen molar-refractivity contribution in [3.8, 4) is 11.6 Å². The molecule has 4 aromatic rings. The van der Waals surface area contributed by atoms with Crippen LogP contribution in [0.25, 0.3) is 0 Å². The molecule has 0 aliphatic rings. The van der Waals surface area contributed by atoms with Crippen molar-refractivity contribution >= 4 is 29.0 Å². The van der Waals surface area contributed by atoms with Crippen LogP contribution in [0.1, 0.15) is 18.4 Å². The number of halogens is 1. The summed E-state index contributed by atoms with van der Waals surface area (Å²) in [6.45, 7) is -0.503. The second kappa shape index (κ2) is 12.1. The zero-order chi connectivity index (χ0) is 26.2. The van der Waals surface area contributed by atoms with Crippen LogP contribution in [0.5, 0.6) is 11.6 Å². The molecule has 0 aliphatic carbocycles. The van der Waals surface area contributed by atoms with Crippen molar-refractivity contribution in [3.05, 3.63) is 104 Å². The fourth-order valence-electron chi connectivity index (χ4n) is 3.47. The van der Waals surface area contributed by atoms with E-state index in [-0.39, 0.29) is 37.7 Å². The van der Waals surface area contributed by atoms with Gasteiger partial charge in [-0.25, -0.2) is 19.1 Å². The van der Waals surface area contributed by atoms with Crippen molar-refractivity contribution < 1.29 is 14.6 Å². The van der Waals surface area contributed by atoms with Crippen molar-refractivity contribution in [1.82, 2.24) is 19.1 Å². The average Bonchev–Trinajstić information content (AvgIpc) is 2.90. The summed E-state index contributed by atoms with van der Waals surface area (Å²) in [6.07, 6.45) is 1.92. The average molecular weight is 522 g/mol. The highest BCUT2D eigenvalue weighted by Crippen LogP contribution is 2.22. The van der Waals surface area contributed by atoms with Gasteiger partial charge in [-0.05, 0) is 54.4 Å². The van der Waals surface area contributed by atoms with E-state index >= 15 is 0 Å². The number of aliphatic hydroxyl groups excluding tert-OH is 1. The van der Waals surface area contributed by atoms with Crippen LogP contribution in [-0.4, -0.2) is 36.6 Å². The molecule has 37 heavy (non-hydrogen) atoms. The minimum Gasteiger partial charge on any atom is -0.439 e. The lowest BCUT2D eigenvalue weighted by Gasteiger charge is -2.16. The molecule has 0 bridgehead atoms. The Morgan fingerprint density at radius 2 is 1.76 bits per heavy atom. The van der Waals surface area contributed by atoms with E-state index in [4.69, 9.17) is 21.4 Å². The molecular weight excluding hydrogens is 498 g/mol. The summed E-state index contributed by atoms with van der Waals surface area (Å²) in [5.74, 6) is 0.658. The number of pyridine rings is 1. The summed E-state index contributed by atoms with van der Waals surface area (Å²) in [6, 6.07) is 19.1. The first kappa shape index (κ1) is 25.8. The zero-order valence-electron chi connectivity index (χ0n) is 19.7. The molecule has 10 nitrogen and oxygen atoms in total. The van der Waals surface area contributed by atoms with Gasteiger partial charge in [0.25, 0.3) is 0 Å². The Bertz CT molecular complexity index is 1470. The molecule has 2 heterocycles. The number of anilines is 2. The van der Waals surface area contributed by atoms with E-state index in [1.807, 2.05) is 6.07 Å². The number of carbonyl (C=O) groups excluding carboxylic acids is 1. The molecule has 0 saturated carbocycles. The van der Waals surface area contributed by atoms with E-state index in [1.54, 1.807) is 66.9 Å². The van der Waals surface area contributed by atoms with Crippen LogP contribution in [0.15, 0.2) is 82.5 Å². The lowest BCUT2D eigenvalue weighted by molar-refractivity contribution is -0.120. The number of aliphatic hydroxyl groups is 1. The van der Waals surface area contributed by atoms with Crippen LogP contribution in [0.4, 0.5) is 11.6 Å². The predicted molar refractivity (Wildman–Crippen MR) is 139 cm³/mol. The van der Waals surface area contributed by atoms with Crippen LogP contribution in [0.3, 0.4) is 0 Å². The van der Waals surface area contributed by atoms with Gasteiger partial charge in [0, 0.05) is 36.0 Å². The van der Waals surface area contributed by atoms with Crippen LogP contribution < -0.4 is 21.4 Å². The van der Waals surface area contributed by atoms with Crippen molar-refractivity contribution in [2.24, 2.45) is 0 Å². The van der Waals surface area contributed by atoms with Gasteiger partial charge in [0.15, 0.2) is 5.78 Å². The topological polar surface area (TPSA) is 128 Å². The van der Waals surface area contributed by atoms with Gasteiger partial charge >= 0.3 is 11.4 Å². The Morgan fingerprint density at radius 3 is 2.43 bits per heavy atom. The second-order valence-electron chi connectivity index (χ2n) is 8.08. The Hall–Kier alpha value is -4.28. The lowest BCUT2D eigenvalue weighted by Crippen LogP contribution is -2.44. The number of ether oxygens (including phenoxy) is 1. The maximum absolute atomic E-state index is 13.3. The first-order valence-corrected chi connectivity index (χ1v) is 11.9. The first-order chi connectivity index (χ1) is 17.9. The van der Waals surface area contributed by atoms with Gasteiger partial charge in [-0.1, -0.05) is 29.8 Å². The normalized spacial score (nSPS) is 10.8. The van der Waals surface area contributed by atoms with Gasteiger partial charge in [-0.15, -0.1) is 0 Å². The molecule has 2 aromatic carbocycles. The largest absolute Gasteiger partial charge is 0.439 e. The maximum atomic E-state index is 13.3. The molecule has 0 unspecified atom stereocenters. The highest BCUT2D eigenvalue weighted by molar-refractivity contribution is 6.30. The summed E-state index contributed by atoms with van der Waals surface area (Å²) in [5, 5.41) is 12.5. The van der Waals surface area contributed by atoms with Crippen molar-refractivity contribution in [3.63, 3.8) is 0 Å². The number of hydrogen-bond acceptors (Lipinski definition) is 8. The minimum absolute atomic E-state index is 0.0161. The molecule has 0 radical (unpaired) electrons. The van der Waals surface area contributed by atoms with Crippen LogP contribution in [-0.2, 0) is 17.9 Å². The number of nitrogens with one attached hydrogen (secondary N) is 1. The Kier molecular flexibility index (Phi) is 8.44. The van der Waals surface area contributed by atoms with E-state index in [9.17, 15) is 14.4 Å². The second-order valence-corrected chi connectivity index (χ2v) is 8.52. The molecule has 2 N–H and O–H groups in total. The number of rotatable bonds is 11. The molecule has 0 atom stereocenters. The number of aromatic nitrogens is 4. The maximum Gasteiger partial charge on any atom is 0.355 e. The number of nitrogens with zero attached hydrogens (tertiary/aromatic N) is 4. The van der Waals surface area contributed by atoms with Crippen LogP contribution in [0, 0.1) is 0 Å². The molecule has 0 amide bonds. The molecule has 0 aliphatic heterocycles. The summed E-state index contributed by atoms with van der Waals surface area (Å²) < 4.78 is 7.77. The third kappa shape index (κ3) is 6.90. The lowest BCUT2D eigenvalue weighted by atomic mass is 10.2. The van der Waals surface area contributed by atoms with Gasteiger partial charge in [0.1, 0.15) is 5.75 Å². The minimum atomic E-state index is -0.854. The quantitative estimate of drug-likeness (QED) is 0.307. The number of carbonyl (C=O) groups is 1. The zero-order valence-corrected chi connectivity index (χ0v) is 20.5. The highest BCUT2D eigenvalue weighted by Gasteiger charge is 2.16. The number of Topliss-reactive ketones (excluding diaryl/α,β-unsaturated/α-hetero) is 1. The van der Waals surface area contributed by atoms with Crippen molar-refractivity contribution in [2.45, 2.75) is 25.9 Å². The Balaban J connectivity index is 1.64. The van der Waals surface area contributed by atoms with Gasteiger partial charge in [-0.3, -0.25) is 9.36 Å². The molecule has 190 valence electrons. The summed E-state index contributed by atoms with van der Waals surface area (Å²) in [7, 11) is 0. The highest BCUT2D eigenvalue weighted by atomic mass is 35.5. The van der Waals surface area contributed by atoms with E-state index in [2.05, 4.69) is 15.3 Å². The summed E-state index contributed by atoms with van der Waals surface area (Å²) >= 11 is 5.99. The molecule has 2 aromatic heterocycles. The molecule has 4 rings (SSSR count). The Labute approximate surface area is 216 Å². The van der Waals surface area contributed by atoms with E-state index in [0.717, 1.165) is 10.1 Å². The predicted octanol–water partition coefficient (Wildman–Crippen LogP) is 3.38. The monoisotopic (exact) mass is 521 g/mol. The van der Waals surface area contributed by atoms with Gasteiger partial charge < -0.3 is 15.2 Å². The molecule has 0 fully saturated rings. The van der Waals surface area contributed by atoms with Gasteiger partial charge in [0.05, 0.1) is 13.1 Å². The number of ketones is 1. The van der Waals surface area contributed by atoms with Gasteiger partial charge in [-0.2, -0.15) is 4.98 Å². The third-order valence-corrected chi connectivity index (χ3v) is 5.57. The van der Waals surface area contributed by atoms with Crippen molar-refractivity contribution in [2.75, 3.05) is 11.9 Å². The number of benzene rings is 2. The first-order valence-electron chi connectivity index (χ1n) is 11.5. The molecule has 11 heteroatoms. The molecule has 0 spiro atoms. The van der Waals surface area contributed by atoms with Gasteiger partial charge in [0.2, 0.25) is 11.8 Å². The fourth-order valence-corrected chi connectivity index (χ4v) is 3.60. The van der Waals surface area contributed by atoms with E-state index in [0.29, 0.717) is 22.3 Å². The summed E-state index contributed by atoms with van der Waals surface area (Å²) in [4.78, 5) is 46.5. The third-order valence-electron chi connectivity index (χ3n) is 5.32. The van der Waals surface area contributed by atoms with E-state index < -0.39 is 17.9 Å². The fraction of sp³-hybridized carbons (Fsp3) is 0.192. The van der Waals surface area contributed by atoms with Crippen LogP contribution >= 0.6 is 11.6 Å².